The van der Waals surface area contributed by atoms with Gasteiger partial charge in [0.1, 0.15) is 0 Å². The van der Waals surface area contributed by atoms with Crippen molar-refractivity contribution < 1.29 is 4.74 Å². The summed E-state index contributed by atoms with van der Waals surface area (Å²) < 4.78 is 5.07. The second-order valence-electron chi connectivity index (χ2n) is 6.10. The number of guanidine groups is 1. The van der Waals surface area contributed by atoms with E-state index in [-0.39, 0.29) is 24.0 Å². The lowest BCUT2D eigenvalue weighted by atomic mass is 9.87. The molecule has 0 aliphatic carbocycles. The number of methoxy groups -OCH3 is 1. The van der Waals surface area contributed by atoms with E-state index >= 15 is 0 Å². The van der Waals surface area contributed by atoms with Gasteiger partial charge in [0.05, 0.1) is 0 Å². The van der Waals surface area contributed by atoms with Gasteiger partial charge >= 0.3 is 0 Å². The summed E-state index contributed by atoms with van der Waals surface area (Å²) in [7, 11) is 3.67. The Balaban J connectivity index is 0.00000441. The number of hydrogen-bond acceptors (Lipinski definition) is 2. The van der Waals surface area contributed by atoms with Gasteiger partial charge in [-0.2, -0.15) is 0 Å². The minimum absolute atomic E-state index is 0. The van der Waals surface area contributed by atoms with E-state index in [2.05, 4.69) is 29.1 Å². The molecule has 0 saturated carbocycles. The summed E-state index contributed by atoms with van der Waals surface area (Å²) in [5.74, 6) is 2.82. The molecule has 1 fully saturated rings. The van der Waals surface area contributed by atoms with Gasteiger partial charge in [0.25, 0.3) is 0 Å². The number of nitrogens with one attached hydrogen (secondary N) is 1. The molecular weight excluding hydrogens is 389 g/mol. The molecule has 0 bridgehead atoms. The molecule has 0 aromatic heterocycles. The molecule has 1 aliphatic rings. The lowest BCUT2D eigenvalue weighted by molar-refractivity contribution is 0.192. The summed E-state index contributed by atoms with van der Waals surface area (Å²) in [6.07, 6.45) is 7.49. The van der Waals surface area contributed by atoms with E-state index in [1.54, 1.807) is 7.11 Å². The highest BCUT2D eigenvalue weighted by Crippen LogP contribution is 2.28. The number of ether oxygens (including phenoxy) is 1. The molecule has 0 radical (unpaired) electrons. The molecule has 1 N–H and O–H groups in total. The first kappa shape index (κ1) is 22.0. The molecule has 1 unspecified atom stereocenters. The van der Waals surface area contributed by atoms with Gasteiger partial charge in [0, 0.05) is 40.4 Å². The fourth-order valence-corrected chi connectivity index (χ4v) is 3.40. The van der Waals surface area contributed by atoms with Crippen molar-refractivity contribution in [3.63, 3.8) is 0 Å². The van der Waals surface area contributed by atoms with Crippen LogP contribution in [-0.2, 0) is 4.74 Å². The predicted octanol–water partition coefficient (Wildman–Crippen LogP) is 3.75. The SMILES string of the molecule is CCC(CC)C1CCN(C(=NC)NCCCCCOC)C1.I. The van der Waals surface area contributed by atoms with Gasteiger partial charge in [-0.25, -0.2) is 0 Å². The van der Waals surface area contributed by atoms with Crippen LogP contribution in [0.4, 0.5) is 0 Å². The summed E-state index contributed by atoms with van der Waals surface area (Å²) in [6, 6.07) is 0. The van der Waals surface area contributed by atoms with E-state index in [0.29, 0.717) is 0 Å². The van der Waals surface area contributed by atoms with E-state index < -0.39 is 0 Å². The Morgan fingerprint density at radius 1 is 1.27 bits per heavy atom. The van der Waals surface area contributed by atoms with Gasteiger partial charge in [-0.15, -0.1) is 24.0 Å². The van der Waals surface area contributed by atoms with Crippen LogP contribution < -0.4 is 5.32 Å². The second kappa shape index (κ2) is 13.4. The van der Waals surface area contributed by atoms with Crippen LogP contribution in [0.25, 0.3) is 0 Å². The Morgan fingerprint density at radius 2 is 2.00 bits per heavy atom. The molecule has 4 nitrogen and oxygen atoms in total. The van der Waals surface area contributed by atoms with E-state index in [1.165, 1.54) is 38.6 Å². The van der Waals surface area contributed by atoms with Crippen molar-refractivity contribution >= 4 is 29.9 Å². The van der Waals surface area contributed by atoms with Crippen LogP contribution in [0, 0.1) is 11.8 Å². The van der Waals surface area contributed by atoms with E-state index in [9.17, 15) is 0 Å². The Morgan fingerprint density at radius 3 is 2.59 bits per heavy atom. The fourth-order valence-electron chi connectivity index (χ4n) is 3.40. The van der Waals surface area contributed by atoms with Crippen LogP contribution in [0.1, 0.15) is 52.4 Å². The molecule has 1 atom stereocenters. The topological polar surface area (TPSA) is 36.9 Å². The minimum atomic E-state index is 0. The molecule has 1 aliphatic heterocycles. The quantitative estimate of drug-likeness (QED) is 0.265. The summed E-state index contributed by atoms with van der Waals surface area (Å²) in [4.78, 5) is 6.90. The van der Waals surface area contributed by atoms with Crippen molar-refractivity contribution in [1.29, 1.82) is 0 Å². The van der Waals surface area contributed by atoms with Gasteiger partial charge < -0.3 is 15.0 Å². The summed E-state index contributed by atoms with van der Waals surface area (Å²) >= 11 is 0. The van der Waals surface area contributed by atoms with Crippen molar-refractivity contribution in [3.8, 4) is 0 Å². The molecule has 132 valence electrons. The zero-order valence-corrected chi connectivity index (χ0v) is 17.3. The van der Waals surface area contributed by atoms with Crippen LogP contribution >= 0.6 is 24.0 Å². The third-order valence-corrected chi connectivity index (χ3v) is 4.76. The highest BCUT2D eigenvalue weighted by atomic mass is 127. The Labute approximate surface area is 154 Å². The maximum absolute atomic E-state index is 5.07. The number of aliphatic imine (C=N–C) groups is 1. The monoisotopic (exact) mass is 425 g/mol. The number of nitrogens with zero attached hydrogens (tertiary/aromatic N) is 2. The van der Waals surface area contributed by atoms with Crippen molar-refractivity contribution in [3.05, 3.63) is 0 Å². The highest BCUT2D eigenvalue weighted by molar-refractivity contribution is 14.0. The van der Waals surface area contributed by atoms with Gasteiger partial charge in [-0.05, 0) is 37.5 Å². The van der Waals surface area contributed by atoms with Crippen molar-refractivity contribution in [2.24, 2.45) is 16.8 Å². The predicted molar refractivity (Wildman–Crippen MR) is 106 cm³/mol. The second-order valence-corrected chi connectivity index (χ2v) is 6.10. The summed E-state index contributed by atoms with van der Waals surface area (Å²) in [5.41, 5.74) is 0. The zero-order valence-electron chi connectivity index (χ0n) is 14.9. The van der Waals surface area contributed by atoms with Gasteiger partial charge in [0.15, 0.2) is 5.96 Å². The van der Waals surface area contributed by atoms with Crippen LogP contribution in [0.15, 0.2) is 4.99 Å². The zero-order chi connectivity index (χ0) is 15.5. The van der Waals surface area contributed by atoms with Crippen molar-refractivity contribution in [2.45, 2.75) is 52.4 Å². The molecule has 1 rings (SSSR count). The number of hydrogen-bond donors (Lipinski definition) is 1. The van der Waals surface area contributed by atoms with Crippen LogP contribution in [0.5, 0.6) is 0 Å². The number of halogens is 1. The molecule has 5 heteroatoms. The molecule has 0 amide bonds. The first-order valence-corrected chi connectivity index (χ1v) is 8.71. The third-order valence-electron chi connectivity index (χ3n) is 4.76. The Kier molecular flexibility index (Phi) is 13.4. The van der Waals surface area contributed by atoms with E-state index in [4.69, 9.17) is 4.74 Å². The summed E-state index contributed by atoms with van der Waals surface area (Å²) in [6.45, 7) is 8.87. The fraction of sp³-hybridized carbons (Fsp3) is 0.941. The van der Waals surface area contributed by atoms with Gasteiger partial charge in [-0.1, -0.05) is 26.7 Å². The Bertz CT molecular complexity index is 296. The lowest BCUT2D eigenvalue weighted by Gasteiger charge is -2.24. The largest absolute Gasteiger partial charge is 0.385 e. The number of likely N-dealkylation sites (tertiary alicyclic amines) is 1. The molecule has 1 heterocycles. The minimum Gasteiger partial charge on any atom is -0.385 e. The molecule has 0 aromatic carbocycles. The molecule has 1 saturated heterocycles. The highest BCUT2D eigenvalue weighted by Gasteiger charge is 2.29. The average molecular weight is 425 g/mol. The van der Waals surface area contributed by atoms with Crippen LogP contribution in [-0.4, -0.2) is 51.3 Å². The maximum atomic E-state index is 5.07. The van der Waals surface area contributed by atoms with Crippen LogP contribution in [0.3, 0.4) is 0 Å². The molecule has 0 spiro atoms. The molecular formula is C17H36IN3O. The van der Waals surface area contributed by atoms with E-state index in [1.807, 2.05) is 7.05 Å². The average Bonchev–Trinajstić information content (AvgIpc) is 2.97. The molecule has 0 aromatic rings. The molecule has 22 heavy (non-hydrogen) atoms. The number of rotatable bonds is 9. The van der Waals surface area contributed by atoms with Gasteiger partial charge in [0.2, 0.25) is 0 Å². The first-order chi connectivity index (χ1) is 10.3. The first-order valence-electron chi connectivity index (χ1n) is 8.71. The van der Waals surface area contributed by atoms with E-state index in [0.717, 1.165) is 43.9 Å². The summed E-state index contributed by atoms with van der Waals surface area (Å²) in [5, 5.41) is 3.52. The number of unbranched alkanes of at least 4 members (excludes halogenated alkanes) is 2. The normalized spacial score (nSPS) is 18.7. The van der Waals surface area contributed by atoms with Crippen molar-refractivity contribution in [1.82, 2.24) is 10.2 Å². The standard InChI is InChI=1S/C17H35N3O.HI/c1-5-15(6-2)16-10-12-20(14-16)17(18-3)19-11-8-7-9-13-21-4;/h15-16H,5-14H2,1-4H3,(H,18,19);1H. The maximum Gasteiger partial charge on any atom is 0.193 e. The van der Waals surface area contributed by atoms with Crippen LogP contribution in [0.2, 0.25) is 0 Å². The lowest BCUT2D eigenvalue weighted by Crippen LogP contribution is -2.40. The van der Waals surface area contributed by atoms with Crippen molar-refractivity contribution in [2.75, 3.05) is 40.4 Å². The Hall–Kier alpha value is -0.0400. The smallest absolute Gasteiger partial charge is 0.193 e. The third kappa shape index (κ3) is 7.49. The van der Waals surface area contributed by atoms with Gasteiger partial charge in [-0.3, -0.25) is 4.99 Å².